The number of benzene rings is 1. The van der Waals surface area contributed by atoms with Crippen LogP contribution in [0.15, 0.2) is 40.6 Å². The highest BCUT2D eigenvalue weighted by atomic mass is 35.5. The van der Waals surface area contributed by atoms with E-state index in [0.29, 0.717) is 4.90 Å². The first kappa shape index (κ1) is 14.5. The van der Waals surface area contributed by atoms with Gasteiger partial charge in [-0.2, -0.15) is 0 Å². The zero-order chi connectivity index (χ0) is 14.0. The molecule has 0 amide bonds. The van der Waals surface area contributed by atoms with E-state index >= 15 is 0 Å². The summed E-state index contributed by atoms with van der Waals surface area (Å²) in [5.41, 5.74) is 0.985. The van der Waals surface area contributed by atoms with Gasteiger partial charge in [0.05, 0.1) is 16.0 Å². The summed E-state index contributed by atoms with van der Waals surface area (Å²) in [6, 6.07) is 8.70. The molecule has 3 nitrogen and oxygen atoms in total. The van der Waals surface area contributed by atoms with Gasteiger partial charge in [-0.3, -0.25) is 0 Å². The van der Waals surface area contributed by atoms with E-state index in [2.05, 4.69) is 5.32 Å². The van der Waals surface area contributed by atoms with Crippen LogP contribution in [0.3, 0.4) is 0 Å². The second-order valence-corrected chi connectivity index (χ2v) is 7.57. The highest BCUT2D eigenvalue weighted by Gasteiger charge is 2.17. The standard InChI is InChI=1S/C13H14ClNO2S2/c1-15-12(13-11(14)7-8-18-13)9-3-5-10(6-4-9)19(2,16)17/h3-8,12,15H,1-2H3. The number of hydrogen-bond acceptors (Lipinski definition) is 4. The summed E-state index contributed by atoms with van der Waals surface area (Å²) in [6.07, 6.45) is 1.20. The quantitative estimate of drug-likeness (QED) is 0.943. The molecule has 0 spiro atoms. The summed E-state index contributed by atoms with van der Waals surface area (Å²) >= 11 is 7.72. The van der Waals surface area contributed by atoms with Crippen LogP contribution in [0.5, 0.6) is 0 Å². The molecule has 6 heteroatoms. The minimum Gasteiger partial charge on any atom is -0.309 e. The zero-order valence-electron chi connectivity index (χ0n) is 10.6. The molecule has 0 aliphatic rings. The van der Waals surface area contributed by atoms with E-state index in [1.165, 1.54) is 6.26 Å². The highest BCUT2D eigenvalue weighted by molar-refractivity contribution is 7.90. The molecule has 0 aliphatic carbocycles. The summed E-state index contributed by atoms with van der Waals surface area (Å²) in [5, 5.41) is 5.85. The van der Waals surface area contributed by atoms with Gasteiger partial charge in [0, 0.05) is 11.1 Å². The van der Waals surface area contributed by atoms with Gasteiger partial charge in [0.1, 0.15) is 0 Å². The number of sulfone groups is 1. The molecule has 2 aromatic rings. The number of hydrogen-bond donors (Lipinski definition) is 1. The Balaban J connectivity index is 2.38. The van der Waals surface area contributed by atoms with E-state index in [1.54, 1.807) is 23.5 Å². The van der Waals surface area contributed by atoms with Crippen molar-refractivity contribution in [2.24, 2.45) is 0 Å². The third kappa shape index (κ3) is 3.17. The van der Waals surface area contributed by atoms with Crippen LogP contribution in [0.4, 0.5) is 0 Å². The third-order valence-electron chi connectivity index (χ3n) is 2.84. The minimum atomic E-state index is -3.16. The maximum atomic E-state index is 11.4. The number of rotatable bonds is 4. The number of thiophene rings is 1. The lowest BCUT2D eigenvalue weighted by molar-refractivity contribution is 0.601. The zero-order valence-corrected chi connectivity index (χ0v) is 12.9. The maximum Gasteiger partial charge on any atom is 0.175 e. The molecule has 0 aliphatic heterocycles. The smallest absolute Gasteiger partial charge is 0.175 e. The molecule has 1 heterocycles. The van der Waals surface area contributed by atoms with Crippen LogP contribution in [-0.4, -0.2) is 21.7 Å². The van der Waals surface area contributed by atoms with Crippen molar-refractivity contribution < 1.29 is 8.42 Å². The fourth-order valence-electron chi connectivity index (χ4n) is 1.87. The van der Waals surface area contributed by atoms with Gasteiger partial charge in [-0.05, 0) is 36.2 Å². The largest absolute Gasteiger partial charge is 0.309 e. The molecule has 1 unspecified atom stereocenters. The second kappa shape index (κ2) is 5.63. The molecule has 1 aromatic heterocycles. The summed E-state index contributed by atoms with van der Waals surface area (Å²) in [5.74, 6) is 0. The fourth-order valence-corrected chi connectivity index (χ4v) is 3.80. The Morgan fingerprint density at radius 2 is 1.84 bits per heavy atom. The predicted octanol–water partition coefficient (Wildman–Crippen LogP) is 3.11. The summed E-state index contributed by atoms with van der Waals surface area (Å²) in [6.45, 7) is 0. The van der Waals surface area contributed by atoms with Gasteiger partial charge in [-0.15, -0.1) is 11.3 Å². The van der Waals surface area contributed by atoms with Crippen molar-refractivity contribution in [1.82, 2.24) is 5.32 Å². The van der Waals surface area contributed by atoms with E-state index in [-0.39, 0.29) is 6.04 Å². The molecule has 102 valence electrons. The van der Waals surface area contributed by atoms with E-state index in [1.807, 2.05) is 30.6 Å². The Hall–Kier alpha value is -0.880. The molecule has 0 saturated carbocycles. The molecule has 0 fully saturated rings. The lowest BCUT2D eigenvalue weighted by Gasteiger charge is -2.16. The molecule has 1 atom stereocenters. The molecule has 0 saturated heterocycles. The van der Waals surface area contributed by atoms with Gasteiger partial charge >= 0.3 is 0 Å². The van der Waals surface area contributed by atoms with E-state index in [9.17, 15) is 8.42 Å². The molecule has 2 rings (SSSR count). The van der Waals surface area contributed by atoms with Crippen molar-refractivity contribution in [2.75, 3.05) is 13.3 Å². The Labute approximate surface area is 122 Å². The maximum absolute atomic E-state index is 11.4. The average molecular weight is 316 g/mol. The van der Waals surface area contributed by atoms with Crippen LogP contribution in [-0.2, 0) is 9.84 Å². The van der Waals surface area contributed by atoms with Crippen LogP contribution in [0, 0.1) is 0 Å². The van der Waals surface area contributed by atoms with Crippen molar-refractivity contribution in [2.45, 2.75) is 10.9 Å². The van der Waals surface area contributed by atoms with Gasteiger partial charge in [-0.25, -0.2) is 8.42 Å². The van der Waals surface area contributed by atoms with Gasteiger partial charge < -0.3 is 5.32 Å². The van der Waals surface area contributed by atoms with Crippen LogP contribution in [0.2, 0.25) is 5.02 Å². The SMILES string of the molecule is CNC(c1ccc(S(C)(=O)=O)cc1)c1sccc1Cl. The van der Waals surface area contributed by atoms with Crippen molar-refractivity contribution in [3.8, 4) is 0 Å². The van der Waals surface area contributed by atoms with Gasteiger partial charge in [0.25, 0.3) is 0 Å². The fraction of sp³-hybridized carbons (Fsp3) is 0.231. The Bertz CT molecular complexity index is 662. The normalized spacial score (nSPS) is 13.4. The molecule has 0 radical (unpaired) electrons. The van der Waals surface area contributed by atoms with Gasteiger partial charge in [-0.1, -0.05) is 23.7 Å². The monoisotopic (exact) mass is 315 g/mol. The van der Waals surface area contributed by atoms with Crippen molar-refractivity contribution in [3.63, 3.8) is 0 Å². The second-order valence-electron chi connectivity index (χ2n) is 4.20. The Kier molecular flexibility index (Phi) is 4.30. The molecule has 1 N–H and O–H groups in total. The van der Waals surface area contributed by atoms with Gasteiger partial charge in [0.2, 0.25) is 0 Å². The van der Waals surface area contributed by atoms with E-state index < -0.39 is 9.84 Å². The van der Waals surface area contributed by atoms with Gasteiger partial charge in [0.15, 0.2) is 9.84 Å². The van der Waals surface area contributed by atoms with Crippen LogP contribution in [0.25, 0.3) is 0 Å². The van der Waals surface area contributed by atoms with Crippen LogP contribution in [0.1, 0.15) is 16.5 Å². The van der Waals surface area contributed by atoms with Crippen molar-refractivity contribution in [1.29, 1.82) is 0 Å². The van der Waals surface area contributed by atoms with Crippen molar-refractivity contribution in [3.05, 3.63) is 51.2 Å². The summed E-state index contributed by atoms with van der Waals surface area (Å²) in [7, 11) is -1.31. The van der Waals surface area contributed by atoms with E-state index in [4.69, 9.17) is 11.6 Å². The molecule has 1 aromatic carbocycles. The topological polar surface area (TPSA) is 46.2 Å². The Morgan fingerprint density at radius 3 is 2.26 bits per heavy atom. The van der Waals surface area contributed by atoms with Crippen LogP contribution < -0.4 is 5.32 Å². The highest BCUT2D eigenvalue weighted by Crippen LogP contribution is 2.32. The molecular weight excluding hydrogens is 302 g/mol. The predicted molar refractivity (Wildman–Crippen MR) is 79.8 cm³/mol. The van der Waals surface area contributed by atoms with E-state index in [0.717, 1.165) is 15.5 Å². The molecule has 0 bridgehead atoms. The first-order chi connectivity index (χ1) is 8.93. The Morgan fingerprint density at radius 1 is 1.21 bits per heavy atom. The first-order valence-electron chi connectivity index (χ1n) is 5.63. The number of nitrogens with one attached hydrogen (secondary N) is 1. The summed E-state index contributed by atoms with van der Waals surface area (Å²) < 4.78 is 22.9. The minimum absolute atomic E-state index is 0.0267. The van der Waals surface area contributed by atoms with Crippen LogP contribution >= 0.6 is 22.9 Å². The first-order valence-corrected chi connectivity index (χ1v) is 8.78. The number of halogens is 1. The third-order valence-corrected chi connectivity index (χ3v) is 5.39. The molecule has 19 heavy (non-hydrogen) atoms. The molecular formula is C13H14ClNO2S2. The lowest BCUT2D eigenvalue weighted by Crippen LogP contribution is -2.16. The lowest BCUT2D eigenvalue weighted by atomic mass is 10.1. The average Bonchev–Trinajstić information content (AvgIpc) is 2.76. The summed E-state index contributed by atoms with van der Waals surface area (Å²) in [4.78, 5) is 1.35. The van der Waals surface area contributed by atoms with Crippen molar-refractivity contribution >= 4 is 32.8 Å².